The molecule has 2 amide bonds. The number of benzene rings is 2. The predicted octanol–water partition coefficient (Wildman–Crippen LogP) is 2.86. The first kappa shape index (κ1) is 18.4. The van der Waals surface area contributed by atoms with E-state index in [0.29, 0.717) is 11.5 Å². The highest BCUT2D eigenvalue weighted by molar-refractivity contribution is 6.05. The van der Waals surface area contributed by atoms with Gasteiger partial charge in [0.1, 0.15) is 11.9 Å². The van der Waals surface area contributed by atoms with Crippen LogP contribution in [0.3, 0.4) is 0 Å². The summed E-state index contributed by atoms with van der Waals surface area (Å²) in [7, 11) is 1.27. The molecule has 1 aromatic heterocycles. The Morgan fingerprint density at radius 2 is 1.86 bits per heavy atom. The second kappa shape index (κ2) is 7.59. The number of nitrogens with one attached hydrogen (secondary N) is 2. The van der Waals surface area contributed by atoms with Crippen molar-refractivity contribution in [3.05, 3.63) is 66.4 Å². The number of amides is 2. The summed E-state index contributed by atoms with van der Waals surface area (Å²) in [5, 5.41) is 9.86. The quantitative estimate of drug-likeness (QED) is 0.667. The fourth-order valence-electron chi connectivity index (χ4n) is 3.30. The fraction of sp³-hybridized carbons (Fsp3) is 0.143. The molecule has 1 aliphatic heterocycles. The molecule has 2 aromatic carbocycles. The normalized spacial score (nSPS) is 15.2. The van der Waals surface area contributed by atoms with Crippen LogP contribution in [0.4, 0.5) is 11.5 Å². The van der Waals surface area contributed by atoms with Crippen molar-refractivity contribution in [2.24, 2.45) is 0 Å². The first-order valence-corrected chi connectivity index (χ1v) is 8.99. The number of fused-ring (bicyclic) bond motifs is 1. The number of ether oxygens (including phenoxy) is 1. The molecule has 0 spiro atoms. The van der Waals surface area contributed by atoms with E-state index < -0.39 is 17.9 Å². The van der Waals surface area contributed by atoms with Crippen molar-refractivity contribution >= 4 is 29.3 Å². The Hall–Kier alpha value is -3.94. The highest BCUT2D eigenvalue weighted by Crippen LogP contribution is 2.34. The maximum atomic E-state index is 13.0. The predicted molar refractivity (Wildman–Crippen MR) is 106 cm³/mol. The van der Waals surface area contributed by atoms with Crippen LogP contribution < -0.4 is 10.6 Å². The van der Waals surface area contributed by atoms with Crippen LogP contribution in [-0.2, 0) is 14.3 Å². The van der Waals surface area contributed by atoms with Crippen LogP contribution in [0.1, 0.15) is 22.8 Å². The van der Waals surface area contributed by atoms with Gasteiger partial charge in [-0.1, -0.05) is 42.5 Å². The van der Waals surface area contributed by atoms with E-state index in [1.165, 1.54) is 11.8 Å². The number of nitrogens with zero attached hydrogens (tertiary/aromatic N) is 2. The lowest BCUT2D eigenvalue weighted by molar-refractivity contribution is -0.125. The van der Waals surface area contributed by atoms with E-state index in [-0.39, 0.29) is 17.9 Å². The van der Waals surface area contributed by atoms with Crippen molar-refractivity contribution in [3.8, 4) is 11.1 Å². The second-order valence-electron chi connectivity index (χ2n) is 6.51. The monoisotopic (exact) mass is 390 g/mol. The Bertz CT molecular complexity index is 1090. The van der Waals surface area contributed by atoms with E-state index in [4.69, 9.17) is 4.74 Å². The van der Waals surface area contributed by atoms with E-state index in [2.05, 4.69) is 15.7 Å². The lowest BCUT2D eigenvalue weighted by Gasteiger charge is -2.25. The Labute approximate surface area is 166 Å². The van der Waals surface area contributed by atoms with E-state index in [1.54, 1.807) is 30.5 Å². The smallest absolute Gasteiger partial charge is 0.339 e. The molecule has 3 aromatic rings. The molecule has 0 unspecified atom stereocenters. The Balaban J connectivity index is 1.66. The number of hydrogen-bond acceptors (Lipinski definition) is 5. The SMILES string of the molecule is COC(=O)c1ccccc1NC(=O)[C@H]1CC(=O)Nc2c(-c3ccccc3)cnn21. The standard InChI is InChI=1S/C21H18N4O4/c1-29-21(28)14-9-5-6-10-16(14)23-20(27)17-11-18(26)24-19-15(12-22-25(17)19)13-7-3-2-4-8-13/h2-10,12,17H,11H2,1H3,(H,23,27)(H,24,26)/t17-/m1/s1. The molecule has 2 heterocycles. The van der Waals surface area contributed by atoms with Crippen molar-refractivity contribution < 1.29 is 19.1 Å². The minimum atomic E-state index is -0.845. The van der Waals surface area contributed by atoms with Gasteiger partial charge in [-0.3, -0.25) is 9.59 Å². The molecule has 8 nitrogen and oxygen atoms in total. The molecule has 0 saturated heterocycles. The molecule has 2 N–H and O–H groups in total. The minimum Gasteiger partial charge on any atom is -0.465 e. The number of methoxy groups -OCH3 is 1. The lowest BCUT2D eigenvalue weighted by atomic mass is 10.1. The highest BCUT2D eigenvalue weighted by Gasteiger charge is 2.33. The van der Waals surface area contributed by atoms with Gasteiger partial charge in [0.25, 0.3) is 0 Å². The largest absolute Gasteiger partial charge is 0.465 e. The molecule has 1 aliphatic rings. The summed E-state index contributed by atoms with van der Waals surface area (Å²) < 4.78 is 6.26. The Morgan fingerprint density at radius 1 is 1.14 bits per heavy atom. The second-order valence-corrected chi connectivity index (χ2v) is 6.51. The zero-order valence-corrected chi connectivity index (χ0v) is 15.6. The van der Waals surface area contributed by atoms with Crippen LogP contribution in [0.2, 0.25) is 0 Å². The lowest BCUT2D eigenvalue weighted by Crippen LogP contribution is -2.36. The number of para-hydroxylation sites is 1. The number of carbonyl (C=O) groups excluding carboxylic acids is 3. The number of carbonyl (C=O) groups is 3. The van der Waals surface area contributed by atoms with Gasteiger partial charge in [0.05, 0.1) is 31.0 Å². The van der Waals surface area contributed by atoms with Gasteiger partial charge >= 0.3 is 5.97 Å². The molecule has 0 aliphatic carbocycles. The first-order valence-electron chi connectivity index (χ1n) is 8.99. The van der Waals surface area contributed by atoms with E-state index in [1.807, 2.05) is 30.3 Å². The summed E-state index contributed by atoms with van der Waals surface area (Å²) in [4.78, 5) is 37.2. The van der Waals surface area contributed by atoms with Crippen molar-refractivity contribution in [1.82, 2.24) is 9.78 Å². The van der Waals surface area contributed by atoms with E-state index in [9.17, 15) is 14.4 Å². The van der Waals surface area contributed by atoms with Gasteiger partial charge < -0.3 is 15.4 Å². The number of esters is 1. The topological polar surface area (TPSA) is 102 Å². The third-order valence-electron chi connectivity index (χ3n) is 4.70. The van der Waals surface area contributed by atoms with Crippen LogP contribution in [0.15, 0.2) is 60.8 Å². The van der Waals surface area contributed by atoms with Crippen LogP contribution in [0.25, 0.3) is 11.1 Å². The summed E-state index contributed by atoms with van der Waals surface area (Å²) in [6.07, 6.45) is 1.56. The summed E-state index contributed by atoms with van der Waals surface area (Å²) >= 11 is 0. The van der Waals surface area contributed by atoms with Gasteiger partial charge in [0.15, 0.2) is 0 Å². The zero-order valence-electron chi connectivity index (χ0n) is 15.6. The molecular weight excluding hydrogens is 372 g/mol. The van der Waals surface area contributed by atoms with Gasteiger partial charge in [0.2, 0.25) is 11.8 Å². The average molecular weight is 390 g/mol. The maximum absolute atomic E-state index is 13.0. The zero-order chi connectivity index (χ0) is 20.4. The van der Waals surface area contributed by atoms with Gasteiger partial charge in [-0.05, 0) is 17.7 Å². The molecule has 0 fully saturated rings. The van der Waals surface area contributed by atoms with Crippen molar-refractivity contribution in [2.75, 3.05) is 17.7 Å². The van der Waals surface area contributed by atoms with Crippen molar-refractivity contribution in [1.29, 1.82) is 0 Å². The summed E-state index contributed by atoms with van der Waals surface area (Å²) in [6, 6.07) is 15.2. The van der Waals surface area contributed by atoms with Crippen molar-refractivity contribution in [3.63, 3.8) is 0 Å². The molecule has 8 heteroatoms. The van der Waals surface area contributed by atoms with E-state index in [0.717, 1.165) is 11.1 Å². The van der Waals surface area contributed by atoms with Crippen molar-refractivity contribution in [2.45, 2.75) is 12.5 Å². The van der Waals surface area contributed by atoms with Gasteiger partial charge in [-0.25, -0.2) is 9.48 Å². The molecular formula is C21H18N4O4. The maximum Gasteiger partial charge on any atom is 0.339 e. The van der Waals surface area contributed by atoms with Crippen LogP contribution in [0, 0.1) is 0 Å². The summed E-state index contributed by atoms with van der Waals surface area (Å²) in [5.74, 6) is -0.820. The van der Waals surface area contributed by atoms with Crippen LogP contribution in [-0.4, -0.2) is 34.7 Å². The van der Waals surface area contributed by atoms with Gasteiger partial charge in [-0.15, -0.1) is 0 Å². The summed E-state index contributed by atoms with van der Waals surface area (Å²) in [6.45, 7) is 0. The third-order valence-corrected chi connectivity index (χ3v) is 4.70. The molecule has 1 atom stereocenters. The van der Waals surface area contributed by atoms with E-state index >= 15 is 0 Å². The molecule has 0 radical (unpaired) electrons. The molecule has 0 bridgehead atoms. The number of hydrogen-bond donors (Lipinski definition) is 2. The van der Waals surface area contributed by atoms with Gasteiger partial charge in [-0.2, -0.15) is 5.10 Å². The molecule has 0 saturated carbocycles. The molecule has 146 valence electrons. The molecule has 4 rings (SSSR count). The number of anilines is 2. The number of rotatable bonds is 4. The van der Waals surface area contributed by atoms with Crippen LogP contribution >= 0.6 is 0 Å². The Morgan fingerprint density at radius 3 is 2.62 bits per heavy atom. The highest BCUT2D eigenvalue weighted by atomic mass is 16.5. The average Bonchev–Trinajstić information content (AvgIpc) is 3.17. The fourth-order valence-corrected chi connectivity index (χ4v) is 3.30. The Kier molecular flexibility index (Phi) is 4.82. The van der Waals surface area contributed by atoms with Crippen LogP contribution in [0.5, 0.6) is 0 Å². The molecule has 29 heavy (non-hydrogen) atoms. The number of aromatic nitrogens is 2. The minimum absolute atomic E-state index is 0.0604. The summed E-state index contributed by atoms with van der Waals surface area (Å²) in [5.41, 5.74) is 2.15. The van der Waals surface area contributed by atoms with Gasteiger partial charge in [0, 0.05) is 5.56 Å². The third kappa shape index (κ3) is 3.47. The first-order chi connectivity index (χ1) is 14.1.